The van der Waals surface area contributed by atoms with Crippen LogP contribution >= 0.6 is 0 Å². The van der Waals surface area contributed by atoms with E-state index in [9.17, 15) is 14.0 Å². The number of nitrogens with one attached hydrogen (secondary N) is 1. The lowest BCUT2D eigenvalue weighted by atomic mass is 10.1. The lowest BCUT2D eigenvalue weighted by Gasteiger charge is -2.33. The molecule has 3 rings (SSSR count). The number of ether oxygens (including phenoxy) is 1. The molecule has 2 amide bonds. The molecule has 1 atom stereocenters. The number of hydrogen-bond donors (Lipinski definition) is 1. The molecule has 1 fully saturated rings. The van der Waals surface area contributed by atoms with E-state index in [4.69, 9.17) is 4.74 Å². The van der Waals surface area contributed by atoms with E-state index in [1.165, 1.54) is 6.07 Å². The van der Waals surface area contributed by atoms with E-state index in [0.29, 0.717) is 30.8 Å². The SMILES string of the molecule is O=C1CCC(C(=O)N2CCOC(c3ccccc3F)C2)=NN1. The molecule has 2 aliphatic rings. The molecule has 1 aromatic rings. The van der Waals surface area contributed by atoms with Crippen LogP contribution in [-0.2, 0) is 14.3 Å². The van der Waals surface area contributed by atoms with E-state index in [0.717, 1.165) is 0 Å². The summed E-state index contributed by atoms with van der Waals surface area (Å²) in [6.07, 6.45) is 0.0931. The molecule has 2 aliphatic heterocycles. The molecule has 1 aromatic carbocycles. The molecule has 2 heterocycles. The number of morpholine rings is 1. The maximum Gasteiger partial charge on any atom is 0.270 e. The van der Waals surface area contributed by atoms with Crippen molar-refractivity contribution >= 4 is 17.5 Å². The predicted molar refractivity (Wildman–Crippen MR) is 76.5 cm³/mol. The molecule has 7 heteroatoms. The zero-order valence-corrected chi connectivity index (χ0v) is 11.9. The molecule has 0 bridgehead atoms. The summed E-state index contributed by atoms with van der Waals surface area (Å²) < 4.78 is 19.4. The van der Waals surface area contributed by atoms with Crippen LogP contribution < -0.4 is 5.43 Å². The van der Waals surface area contributed by atoms with Crippen LogP contribution in [0.15, 0.2) is 29.4 Å². The Kier molecular flexibility index (Phi) is 4.15. The third kappa shape index (κ3) is 2.99. The largest absolute Gasteiger partial charge is 0.370 e. The molecular weight excluding hydrogens is 289 g/mol. The quantitative estimate of drug-likeness (QED) is 0.886. The molecule has 0 spiro atoms. The lowest BCUT2D eigenvalue weighted by Crippen LogP contribution is -2.46. The Hall–Kier alpha value is -2.28. The van der Waals surface area contributed by atoms with Crippen molar-refractivity contribution in [1.29, 1.82) is 0 Å². The number of halogens is 1. The molecule has 1 saturated heterocycles. The topological polar surface area (TPSA) is 71.0 Å². The van der Waals surface area contributed by atoms with Gasteiger partial charge in [-0.2, -0.15) is 5.10 Å². The predicted octanol–water partition coefficient (Wildman–Crippen LogP) is 0.992. The van der Waals surface area contributed by atoms with Gasteiger partial charge in [-0.05, 0) is 6.07 Å². The Balaban J connectivity index is 1.72. The summed E-state index contributed by atoms with van der Waals surface area (Å²) >= 11 is 0. The van der Waals surface area contributed by atoms with Crippen molar-refractivity contribution in [2.24, 2.45) is 5.10 Å². The van der Waals surface area contributed by atoms with Crippen LogP contribution in [0.25, 0.3) is 0 Å². The number of carbonyl (C=O) groups is 2. The minimum Gasteiger partial charge on any atom is -0.370 e. The van der Waals surface area contributed by atoms with Crippen molar-refractivity contribution in [3.63, 3.8) is 0 Å². The lowest BCUT2D eigenvalue weighted by molar-refractivity contribution is -0.132. The van der Waals surface area contributed by atoms with E-state index >= 15 is 0 Å². The van der Waals surface area contributed by atoms with Crippen molar-refractivity contribution in [1.82, 2.24) is 10.3 Å². The summed E-state index contributed by atoms with van der Waals surface area (Å²) in [6.45, 7) is 1.04. The van der Waals surface area contributed by atoms with Gasteiger partial charge in [-0.3, -0.25) is 9.59 Å². The fourth-order valence-electron chi connectivity index (χ4n) is 2.57. The van der Waals surface area contributed by atoms with Gasteiger partial charge >= 0.3 is 0 Å². The first-order valence-electron chi connectivity index (χ1n) is 7.16. The third-order valence-electron chi connectivity index (χ3n) is 3.76. The Morgan fingerprint density at radius 2 is 2.18 bits per heavy atom. The minimum absolute atomic E-state index is 0.192. The van der Waals surface area contributed by atoms with Gasteiger partial charge in [0, 0.05) is 24.9 Å². The first-order chi connectivity index (χ1) is 10.6. The van der Waals surface area contributed by atoms with Crippen molar-refractivity contribution in [2.45, 2.75) is 18.9 Å². The Labute approximate surface area is 126 Å². The van der Waals surface area contributed by atoms with Crippen LogP contribution in [0.5, 0.6) is 0 Å². The van der Waals surface area contributed by atoms with Crippen LogP contribution in [0.3, 0.4) is 0 Å². The summed E-state index contributed by atoms with van der Waals surface area (Å²) in [5.41, 5.74) is 3.09. The Morgan fingerprint density at radius 1 is 1.36 bits per heavy atom. The molecule has 0 radical (unpaired) electrons. The van der Waals surface area contributed by atoms with Crippen molar-refractivity contribution in [2.75, 3.05) is 19.7 Å². The molecule has 1 N–H and O–H groups in total. The van der Waals surface area contributed by atoms with Crippen LogP contribution in [-0.4, -0.2) is 42.1 Å². The van der Waals surface area contributed by atoms with Crippen molar-refractivity contribution in [3.05, 3.63) is 35.6 Å². The van der Waals surface area contributed by atoms with E-state index in [-0.39, 0.29) is 30.6 Å². The molecular formula is C15H16FN3O3. The van der Waals surface area contributed by atoms with E-state index in [1.54, 1.807) is 23.1 Å². The number of hydrazone groups is 1. The molecule has 0 aromatic heterocycles. The second-order valence-electron chi connectivity index (χ2n) is 5.23. The summed E-state index contributed by atoms with van der Waals surface area (Å²) in [7, 11) is 0. The highest BCUT2D eigenvalue weighted by atomic mass is 19.1. The molecule has 22 heavy (non-hydrogen) atoms. The highest BCUT2D eigenvalue weighted by Crippen LogP contribution is 2.24. The van der Waals surface area contributed by atoms with Crippen LogP contribution in [0.2, 0.25) is 0 Å². The Bertz CT molecular complexity index is 632. The summed E-state index contributed by atoms with van der Waals surface area (Å²) in [5.74, 6) is -0.767. The summed E-state index contributed by atoms with van der Waals surface area (Å²) in [6, 6.07) is 6.39. The first kappa shape index (κ1) is 14.6. The van der Waals surface area contributed by atoms with Crippen molar-refractivity contribution in [3.8, 4) is 0 Å². The van der Waals surface area contributed by atoms with Crippen molar-refractivity contribution < 1.29 is 18.7 Å². The highest BCUT2D eigenvalue weighted by Gasteiger charge is 2.30. The average Bonchev–Trinajstić information content (AvgIpc) is 2.55. The van der Waals surface area contributed by atoms with Gasteiger partial charge in [-0.1, -0.05) is 18.2 Å². The Morgan fingerprint density at radius 3 is 2.91 bits per heavy atom. The smallest absolute Gasteiger partial charge is 0.270 e. The average molecular weight is 305 g/mol. The maximum absolute atomic E-state index is 13.8. The van der Waals surface area contributed by atoms with E-state index in [2.05, 4.69) is 10.5 Å². The highest BCUT2D eigenvalue weighted by molar-refractivity contribution is 6.39. The van der Waals surface area contributed by atoms with Crippen LogP contribution in [0.1, 0.15) is 24.5 Å². The monoisotopic (exact) mass is 305 g/mol. The number of benzene rings is 1. The number of nitrogens with zero attached hydrogens (tertiary/aromatic N) is 2. The number of amides is 2. The first-order valence-corrected chi connectivity index (χ1v) is 7.16. The number of carbonyl (C=O) groups excluding carboxylic acids is 2. The number of hydrogen-bond acceptors (Lipinski definition) is 4. The fourth-order valence-corrected chi connectivity index (χ4v) is 2.57. The molecule has 0 aliphatic carbocycles. The van der Waals surface area contributed by atoms with Gasteiger partial charge in [-0.25, -0.2) is 9.82 Å². The summed E-state index contributed by atoms with van der Waals surface area (Å²) in [5, 5.41) is 3.81. The van der Waals surface area contributed by atoms with Gasteiger partial charge in [0.2, 0.25) is 5.91 Å². The van der Waals surface area contributed by atoms with Gasteiger partial charge in [0.1, 0.15) is 17.6 Å². The second kappa shape index (κ2) is 6.23. The van der Waals surface area contributed by atoms with Gasteiger partial charge in [0.05, 0.1) is 13.2 Å². The molecule has 6 nitrogen and oxygen atoms in total. The second-order valence-corrected chi connectivity index (χ2v) is 5.23. The van der Waals surface area contributed by atoms with Crippen LogP contribution in [0.4, 0.5) is 4.39 Å². The van der Waals surface area contributed by atoms with E-state index < -0.39 is 6.10 Å². The van der Waals surface area contributed by atoms with E-state index in [1.807, 2.05) is 0 Å². The third-order valence-corrected chi connectivity index (χ3v) is 3.76. The number of rotatable bonds is 2. The van der Waals surface area contributed by atoms with Gasteiger partial charge < -0.3 is 9.64 Å². The fraction of sp³-hybridized carbons (Fsp3) is 0.400. The molecule has 0 saturated carbocycles. The molecule has 116 valence electrons. The van der Waals surface area contributed by atoms with Crippen LogP contribution in [0, 0.1) is 5.82 Å². The summed E-state index contributed by atoms with van der Waals surface area (Å²) in [4.78, 5) is 25.1. The van der Waals surface area contributed by atoms with Gasteiger partial charge in [0.25, 0.3) is 5.91 Å². The maximum atomic E-state index is 13.8. The minimum atomic E-state index is -0.488. The normalized spacial score (nSPS) is 22.0. The van der Waals surface area contributed by atoms with Gasteiger partial charge in [-0.15, -0.1) is 0 Å². The van der Waals surface area contributed by atoms with Gasteiger partial charge in [0.15, 0.2) is 0 Å². The molecule has 1 unspecified atom stereocenters. The zero-order valence-electron chi connectivity index (χ0n) is 11.9. The standard InChI is InChI=1S/C15H16FN3O3/c16-11-4-2-1-3-10(11)13-9-19(7-8-22-13)15(21)12-5-6-14(20)18-17-12/h1-4,13H,5-9H2,(H,18,20). The zero-order chi connectivity index (χ0) is 15.5.